The fourth-order valence-electron chi connectivity index (χ4n) is 8.43. The highest BCUT2D eigenvalue weighted by Crippen LogP contribution is 2.45. The Balaban J connectivity index is 1.16. The lowest BCUT2D eigenvalue weighted by Crippen LogP contribution is -1.93. The van der Waals surface area contributed by atoms with E-state index in [1.165, 1.54) is 89.4 Å². The molecule has 0 radical (unpaired) electrons. The molecule has 0 fully saturated rings. The van der Waals surface area contributed by atoms with E-state index in [0.29, 0.717) is 0 Å². The number of thiophene rings is 2. The van der Waals surface area contributed by atoms with E-state index in [-0.39, 0.29) is 0 Å². The Morgan fingerprint density at radius 3 is 2.00 bits per heavy atom. The molecule has 51 heavy (non-hydrogen) atoms. The zero-order chi connectivity index (χ0) is 33.2. The zero-order valence-electron chi connectivity index (χ0n) is 27.2. The molecule has 0 aliphatic carbocycles. The van der Waals surface area contributed by atoms with E-state index in [1.807, 2.05) is 22.7 Å². The van der Waals surface area contributed by atoms with E-state index in [4.69, 9.17) is 4.98 Å². The number of aromatic nitrogens is 2. The first-order chi connectivity index (χ1) is 25.3. The van der Waals surface area contributed by atoms with Crippen molar-refractivity contribution in [3.8, 4) is 22.4 Å². The molecule has 4 heterocycles. The van der Waals surface area contributed by atoms with E-state index >= 15 is 0 Å². The third-order valence-corrected chi connectivity index (χ3v) is 13.2. The van der Waals surface area contributed by atoms with Gasteiger partial charge >= 0.3 is 0 Å². The van der Waals surface area contributed by atoms with Gasteiger partial charge in [-0.2, -0.15) is 0 Å². The number of hydrogen-bond donors (Lipinski definition) is 0. The van der Waals surface area contributed by atoms with Crippen LogP contribution in [-0.2, 0) is 0 Å². The maximum Gasteiger partial charge on any atom is 0.156 e. The molecule has 0 aliphatic rings. The van der Waals surface area contributed by atoms with Crippen molar-refractivity contribution < 1.29 is 0 Å². The lowest BCUT2D eigenvalue weighted by atomic mass is 9.99. The van der Waals surface area contributed by atoms with Gasteiger partial charge in [0.1, 0.15) is 0 Å². The van der Waals surface area contributed by atoms with Crippen molar-refractivity contribution >= 4 is 112 Å². The summed E-state index contributed by atoms with van der Waals surface area (Å²) in [6.45, 7) is 0. The summed E-state index contributed by atoms with van der Waals surface area (Å²) in [5.41, 5.74) is 8.03. The average Bonchev–Trinajstić information content (AvgIpc) is 3.89. The van der Waals surface area contributed by atoms with Gasteiger partial charge in [-0.05, 0) is 67.9 Å². The molecule has 0 bridgehead atoms. The Labute approximate surface area is 300 Å². The summed E-state index contributed by atoms with van der Waals surface area (Å²) in [4.78, 5) is 5.53. The first-order valence-corrected chi connectivity index (χ1v) is 18.9. The van der Waals surface area contributed by atoms with Crippen LogP contribution in [0.15, 0.2) is 158 Å². The van der Waals surface area contributed by atoms with Gasteiger partial charge in [-0.25, -0.2) is 4.98 Å². The molecule has 0 aliphatic heterocycles. The van der Waals surface area contributed by atoms with Crippen LogP contribution in [0.1, 0.15) is 0 Å². The molecule has 4 heteroatoms. The number of imidazole rings is 1. The number of nitrogens with zero attached hydrogens (tertiary/aromatic N) is 2. The van der Waals surface area contributed by atoms with Crippen molar-refractivity contribution in [1.82, 2.24) is 9.38 Å². The highest BCUT2D eigenvalue weighted by molar-refractivity contribution is 7.27. The third kappa shape index (κ3) is 3.83. The van der Waals surface area contributed by atoms with Crippen molar-refractivity contribution in [2.24, 2.45) is 0 Å². The van der Waals surface area contributed by atoms with Gasteiger partial charge in [-0.15, -0.1) is 22.7 Å². The van der Waals surface area contributed by atoms with E-state index in [2.05, 4.69) is 162 Å². The molecule has 2 nitrogen and oxygen atoms in total. The Morgan fingerprint density at radius 2 is 1.12 bits per heavy atom. The smallest absolute Gasteiger partial charge is 0.156 e. The summed E-state index contributed by atoms with van der Waals surface area (Å²) in [5, 5.41) is 12.7. The molecule has 4 aromatic heterocycles. The van der Waals surface area contributed by atoms with Crippen molar-refractivity contribution in [3.63, 3.8) is 0 Å². The summed E-state index contributed by atoms with van der Waals surface area (Å²) in [5.74, 6) is 0. The fraction of sp³-hybridized carbons (Fsp3) is 0. The van der Waals surface area contributed by atoms with Crippen LogP contribution in [0, 0.1) is 0 Å². The average molecular weight is 683 g/mol. The quantitative estimate of drug-likeness (QED) is 0.166. The van der Waals surface area contributed by atoms with Crippen molar-refractivity contribution in [3.05, 3.63) is 158 Å². The highest BCUT2D eigenvalue weighted by atomic mass is 32.1. The predicted octanol–water partition coefficient (Wildman–Crippen LogP) is 14.0. The summed E-state index contributed by atoms with van der Waals surface area (Å²) in [6, 6.07) is 58.1. The second kappa shape index (κ2) is 10.2. The maximum absolute atomic E-state index is 5.53. The van der Waals surface area contributed by atoms with Crippen LogP contribution in [0.25, 0.3) is 112 Å². The van der Waals surface area contributed by atoms with Gasteiger partial charge in [0.15, 0.2) is 5.65 Å². The monoisotopic (exact) mass is 682 g/mol. The zero-order valence-corrected chi connectivity index (χ0v) is 28.9. The lowest BCUT2D eigenvalue weighted by molar-refractivity contribution is 1.25. The molecule has 0 saturated carbocycles. The van der Waals surface area contributed by atoms with E-state index in [0.717, 1.165) is 22.4 Å². The van der Waals surface area contributed by atoms with Crippen LogP contribution < -0.4 is 0 Å². The molecule has 0 unspecified atom stereocenters. The highest BCUT2D eigenvalue weighted by Gasteiger charge is 2.20. The van der Waals surface area contributed by atoms with E-state index in [9.17, 15) is 0 Å². The second-order valence-electron chi connectivity index (χ2n) is 13.5. The molecule has 0 N–H and O–H groups in total. The Hall–Kier alpha value is -6.07. The predicted molar refractivity (Wildman–Crippen MR) is 222 cm³/mol. The summed E-state index contributed by atoms with van der Waals surface area (Å²) in [7, 11) is 0. The van der Waals surface area contributed by atoms with Crippen LogP contribution >= 0.6 is 22.7 Å². The Morgan fingerprint density at radius 1 is 0.431 bits per heavy atom. The minimum Gasteiger partial charge on any atom is -0.291 e. The number of hydrogen-bond acceptors (Lipinski definition) is 3. The summed E-state index contributed by atoms with van der Waals surface area (Å²) >= 11 is 3.74. The molecule has 12 rings (SSSR count). The van der Waals surface area contributed by atoms with Crippen molar-refractivity contribution in [2.45, 2.75) is 0 Å². The van der Waals surface area contributed by atoms with E-state index in [1.54, 1.807) is 0 Å². The van der Waals surface area contributed by atoms with Gasteiger partial charge in [0, 0.05) is 41.0 Å². The van der Waals surface area contributed by atoms with Crippen LogP contribution in [0.4, 0.5) is 0 Å². The van der Waals surface area contributed by atoms with Crippen molar-refractivity contribution in [2.75, 3.05) is 0 Å². The van der Waals surface area contributed by atoms with Crippen molar-refractivity contribution in [1.29, 1.82) is 0 Å². The fourth-order valence-corrected chi connectivity index (χ4v) is 10.8. The van der Waals surface area contributed by atoms with Crippen LogP contribution in [0.5, 0.6) is 0 Å². The molecule has 236 valence electrons. The van der Waals surface area contributed by atoms with Gasteiger partial charge in [0.25, 0.3) is 0 Å². The largest absolute Gasteiger partial charge is 0.291 e. The molecule has 0 atom stereocenters. The number of pyridine rings is 1. The number of fused-ring (bicyclic) bond motifs is 16. The molecule has 0 saturated heterocycles. The third-order valence-electron chi connectivity index (χ3n) is 10.8. The minimum absolute atomic E-state index is 1.02. The lowest BCUT2D eigenvalue weighted by Gasteiger charge is -2.11. The SMILES string of the molecule is c1ccc2c(c1)ccc1c2ccc2c1nc1c3sc4ccc5ccccc5c4c3cc(-c3ccc(-c4cccc5c4sc4ccccc45)cc3)n21. The van der Waals surface area contributed by atoms with Crippen LogP contribution in [0.3, 0.4) is 0 Å². The summed E-state index contributed by atoms with van der Waals surface area (Å²) < 4.78 is 7.59. The van der Waals surface area contributed by atoms with Gasteiger partial charge in [0.05, 0.1) is 21.4 Å². The number of benzene rings is 8. The Bertz CT molecular complexity index is 3420. The molecule has 0 amide bonds. The standard InChI is InChI=1S/C47H26N2S2/c1-3-10-31-27(8-1)20-22-36-34(31)23-24-39-44(36)48-47-46-38(43-32-11-4-2-9-28(32)21-25-42(43)51-46)26-40(49(39)47)30-18-16-29(17-19-30)33-13-7-14-37-35-12-5-6-15-41(35)50-45(33)37/h1-26H. The molecule has 8 aromatic carbocycles. The Kier molecular flexibility index (Phi) is 5.56. The molecule has 12 aromatic rings. The van der Waals surface area contributed by atoms with Crippen LogP contribution in [-0.4, -0.2) is 9.38 Å². The maximum atomic E-state index is 5.53. The van der Waals surface area contributed by atoms with Gasteiger partial charge in [-0.1, -0.05) is 133 Å². The normalized spacial score (nSPS) is 12.3. The molecular formula is C47H26N2S2. The van der Waals surface area contributed by atoms with Gasteiger partial charge < -0.3 is 0 Å². The minimum atomic E-state index is 1.02. The van der Waals surface area contributed by atoms with Gasteiger partial charge in [-0.3, -0.25) is 4.40 Å². The molecular weight excluding hydrogens is 657 g/mol. The van der Waals surface area contributed by atoms with Crippen LogP contribution in [0.2, 0.25) is 0 Å². The van der Waals surface area contributed by atoms with Gasteiger partial charge in [0.2, 0.25) is 0 Å². The summed E-state index contributed by atoms with van der Waals surface area (Å²) in [6.07, 6.45) is 0. The van der Waals surface area contributed by atoms with E-state index < -0.39 is 0 Å². The number of rotatable bonds is 2. The second-order valence-corrected chi connectivity index (χ2v) is 15.6. The first-order valence-electron chi connectivity index (χ1n) is 17.3. The first kappa shape index (κ1) is 27.7. The molecule has 0 spiro atoms. The topological polar surface area (TPSA) is 17.3 Å².